The Morgan fingerprint density at radius 3 is 2.61 bits per heavy atom. The predicted octanol–water partition coefficient (Wildman–Crippen LogP) is 3.12. The van der Waals surface area contributed by atoms with E-state index in [0.29, 0.717) is 19.2 Å². The summed E-state index contributed by atoms with van der Waals surface area (Å²) in [5, 5.41) is 0. The number of hydrogen-bond acceptors (Lipinski definition) is 4. The molecule has 0 amide bonds. The topological polar surface area (TPSA) is 49.9 Å². The fraction of sp³-hybridized carbons (Fsp3) is 0.727. The van der Waals surface area contributed by atoms with Gasteiger partial charge in [0.1, 0.15) is 0 Å². The quantitative estimate of drug-likeness (QED) is 0.754. The second-order valence-corrected chi connectivity index (χ2v) is 11.3. The van der Waals surface area contributed by atoms with Crippen molar-refractivity contribution in [1.29, 1.82) is 0 Å². The zero-order chi connectivity index (χ0) is 19.6. The molecule has 5 nitrogen and oxygen atoms in total. The van der Waals surface area contributed by atoms with Gasteiger partial charge in [0.2, 0.25) is 10.0 Å². The zero-order valence-electron chi connectivity index (χ0n) is 17.1. The normalized spacial score (nSPS) is 29.3. The minimum atomic E-state index is -3.24. The fourth-order valence-electron chi connectivity index (χ4n) is 5.22. The average Bonchev–Trinajstić information content (AvgIpc) is 3.04. The molecule has 6 heteroatoms. The van der Waals surface area contributed by atoms with E-state index in [9.17, 15) is 8.42 Å². The highest BCUT2D eigenvalue weighted by Gasteiger charge is 2.44. The van der Waals surface area contributed by atoms with Crippen LogP contribution in [0, 0.1) is 11.3 Å². The lowest BCUT2D eigenvalue weighted by molar-refractivity contribution is 0.0482. The number of ether oxygens (including phenoxy) is 1. The number of hydrogen-bond donors (Lipinski definition) is 0. The molecule has 3 fully saturated rings. The first kappa shape index (κ1) is 20.3. The number of likely N-dealkylation sites (tertiary alicyclic amines) is 1. The van der Waals surface area contributed by atoms with Crippen LogP contribution in [0.4, 0.5) is 0 Å². The molecule has 0 aromatic heterocycles. The monoisotopic (exact) mass is 406 g/mol. The van der Waals surface area contributed by atoms with Crippen molar-refractivity contribution in [3.05, 3.63) is 35.9 Å². The Kier molecular flexibility index (Phi) is 6.12. The summed E-state index contributed by atoms with van der Waals surface area (Å²) in [7, 11) is -3.24. The highest BCUT2D eigenvalue weighted by atomic mass is 32.2. The highest BCUT2D eigenvalue weighted by molar-refractivity contribution is 7.88. The molecular weight excluding hydrogens is 372 g/mol. The highest BCUT2D eigenvalue weighted by Crippen LogP contribution is 2.43. The van der Waals surface area contributed by atoms with E-state index in [1.54, 1.807) is 4.31 Å². The van der Waals surface area contributed by atoms with Crippen molar-refractivity contribution in [3.63, 3.8) is 0 Å². The van der Waals surface area contributed by atoms with Gasteiger partial charge >= 0.3 is 0 Å². The Hall–Kier alpha value is -0.950. The molecule has 3 saturated heterocycles. The van der Waals surface area contributed by atoms with Gasteiger partial charge in [-0.3, -0.25) is 0 Å². The van der Waals surface area contributed by atoms with Crippen LogP contribution in [0.25, 0.3) is 0 Å². The lowest BCUT2D eigenvalue weighted by atomic mass is 9.77. The van der Waals surface area contributed by atoms with Crippen LogP contribution >= 0.6 is 0 Å². The molecule has 0 aliphatic carbocycles. The van der Waals surface area contributed by atoms with Crippen LogP contribution in [0.1, 0.15) is 44.6 Å². The van der Waals surface area contributed by atoms with Crippen molar-refractivity contribution < 1.29 is 13.2 Å². The van der Waals surface area contributed by atoms with Gasteiger partial charge in [0.05, 0.1) is 18.5 Å². The summed E-state index contributed by atoms with van der Waals surface area (Å²) in [6, 6.07) is 9.49. The third-order valence-electron chi connectivity index (χ3n) is 6.86. The maximum Gasteiger partial charge on any atom is 0.218 e. The van der Waals surface area contributed by atoms with Gasteiger partial charge in [-0.1, -0.05) is 37.3 Å². The Balaban J connectivity index is 1.29. The van der Waals surface area contributed by atoms with Gasteiger partial charge in [-0.15, -0.1) is 0 Å². The molecule has 0 N–H and O–H groups in total. The van der Waals surface area contributed by atoms with Crippen LogP contribution < -0.4 is 0 Å². The molecule has 0 saturated carbocycles. The molecule has 1 aromatic carbocycles. The van der Waals surface area contributed by atoms with E-state index in [1.165, 1.54) is 25.9 Å². The van der Waals surface area contributed by atoms with E-state index in [-0.39, 0.29) is 11.2 Å². The summed E-state index contributed by atoms with van der Waals surface area (Å²) < 4.78 is 33.5. The van der Waals surface area contributed by atoms with Gasteiger partial charge < -0.3 is 9.64 Å². The second-order valence-electron chi connectivity index (χ2n) is 9.28. The molecule has 3 aliphatic heterocycles. The SMILES string of the molecule is CC1CCCN(CC2CC3(CCN(S(=O)(=O)Cc4ccccc4)CC3)CO2)C1. The molecular formula is C22H34N2O3S. The molecule has 2 atom stereocenters. The Morgan fingerprint density at radius 1 is 1.14 bits per heavy atom. The van der Waals surface area contributed by atoms with Crippen molar-refractivity contribution in [3.8, 4) is 0 Å². The molecule has 28 heavy (non-hydrogen) atoms. The van der Waals surface area contributed by atoms with Crippen LogP contribution in [0.3, 0.4) is 0 Å². The van der Waals surface area contributed by atoms with Gasteiger partial charge in [0.25, 0.3) is 0 Å². The molecule has 1 spiro atoms. The molecule has 0 bridgehead atoms. The summed E-state index contributed by atoms with van der Waals surface area (Å²) in [5.41, 5.74) is 1.05. The van der Waals surface area contributed by atoms with Gasteiger partial charge in [-0.2, -0.15) is 0 Å². The summed E-state index contributed by atoms with van der Waals surface area (Å²) in [6.07, 6.45) is 5.90. The van der Waals surface area contributed by atoms with Crippen molar-refractivity contribution >= 4 is 10.0 Å². The van der Waals surface area contributed by atoms with E-state index >= 15 is 0 Å². The molecule has 4 rings (SSSR count). The van der Waals surface area contributed by atoms with Crippen LogP contribution in [0.5, 0.6) is 0 Å². The van der Waals surface area contributed by atoms with E-state index < -0.39 is 10.0 Å². The first-order valence-electron chi connectivity index (χ1n) is 10.8. The van der Waals surface area contributed by atoms with Gasteiger partial charge in [0, 0.05) is 26.2 Å². The third kappa shape index (κ3) is 4.78. The van der Waals surface area contributed by atoms with Crippen molar-refractivity contribution in [2.45, 2.75) is 50.9 Å². The molecule has 0 radical (unpaired) electrons. The van der Waals surface area contributed by atoms with E-state index in [4.69, 9.17) is 4.74 Å². The summed E-state index contributed by atoms with van der Waals surface area (Å²) >= 11 is 0. The minimum Gasteiger partial charge on any atom is -0.376 e. The van der Waals surface area contributed by atoms with Crippen LogP contribution in [-0.2, 0) is 20.5 Å². The number of rotatable bonds is 5. The largest absolute Gasteiger partial charge is 0.376 e. The third-order valence-corrected chi connectivity index (χ3v) is 8.71. The Bertz CT molecular complexity index is 744. The first-order chi connectivity index (χ1) is 13.4. The van der Waals surface area contributed by atoms with Crippen molar-refractivity contribution in [1.82, 2.24) is 9.21 Å². The van der Waals surface area contributed by atoms with Crippen molar-refractivity contribution in [2.75, 3.05) is 39.3 Å². The fourth-order valence-corrected chi connectivity index (χ4v) is 6.75. The standard InChI is InChI=1S/C22H34N2O3S/c1-19-6-5-11-23(15-19)16-21-14-22(18-27-21)9-12-24(13-10-22)28(25,26)17-20-7-3-2-4-8-20/h2-4,7-8,19,21H,5-6,9-18H2,1H3. The lowest BCUT2D eigenvalue weighted by Gasteiger charge is -2.38. The number of sulfonamides is 1. The number of piperidine rings is 2. The minimum absolute atomic E-state index is 0.104. The second kappa shape index (κ2) is 8.42. The van der Waals surface area contributed by atoms with E-state index in [1.807, 2.05) is 30.3 Å². The average molecular weight is 407 g/mol. The van der Waals surface area contributed by atoms with Gasteiger partial charge in [0.15, 0.2) is 0 Å². The Labute approximate surface area is 170 Å². The van der Waals surface area contributed by atoms with E-state index in [2.05, 4.69) is 11.8 Å². The van der Waals surface area contributed by atoms with E-state index in [0.717, 1.165) is 43.9 Å². The van der Waals surface area contributed by atoms with Crippen LogP contribution in [0.15, 0.2) is 30.3 Å². The number of benzene rings is 1. The first-order valence-corrected chi connectivity index (χ1v) is 12.4. The molecule has 2 unspecified atom stereocenters. The maximum atomic E-state index is 12.8. The lowest BCUT2D eigenvalue weighted by Crippen LogP contribution is -2.44. The Morgan fingerprint density at radius 2 is 1.89 bits per heavy atom. The molecule has 156 valence electrons. The zero-order valence-corrected chi connectivity index (χ0v) is 17.9. The summed E-state index contributed by atoms with van der Waals surface area (Å²) in [4.78, 5) is 2.57. The van der Waals surface area contributed by atoms with Crippen LogP contribution in [-0.4, -0.2) is 63.1 Å². The molecule has 3 heterocycles. The summed E-state index contributed by atoms with van der Waals surface area (Å²) in [5.74, 6) is 0.898. The summed E-state index contributed by atoms with van der Waals surface area (Å²) in [6.45, 7) is 7.84. The maximum absolute atomic E-state index is 12.8. The molecule has 3 aliphatic rings. The van der Waals surface area contributed by atoms with Crippen LogP contribution in [0.2, 0.25) is 0 Å². The predicted molar refractivity (Wildman–Crippen MR) is 112 cm³/mol. The molecule has 1 aromatic rings. The van der Waals surface area contributed by atoms with Gasteiger partial charge in [-0.05, 0) is 55.5 Å². The van der Waals surface area contributed by atoms with Gasteiger partial charge in [-0.25, -0.2) is 12.7 Å². The van der Waals surface area contributed by atoms with Crippen molar-refractivity contribution in [2.24, 2.45) is 11.3 Å². The smallest absolute Gasteiger partial charge is 0.218 e. The number of nitrogens with zero attached hydrogens (tertiary/aromatic N) is 2.